The largest absolute Gasteiger partial charge is 0.329 e. The topological polar surface area (TPSA) is 96.2 Å². The molecule has 3 aromatic rings. The summed E-state index contributed by atoms with van der Waals surface area (Å²) in [5.41, 5.74) is 0.859. The Morgan fingerprint density at radius 2 is 2.21 bits per heavy atom. The maximum Gasteiger partial charge on any atom is 0.274 e. The number of nitrogens with one attached hydrogen (secondary N) is 1. The predicted molar refractivity (Wildman–Crippen MR) is 85.5 cm³/mol. The molecule has 0 aliphatic carbocycles. The van der Waals surface area contributed by atoms with Crippen LogP contribution in [0.5, 0.6) is 0 Å². The van der Waals surface area contributed by atoms with Crippen molar-refractivity contribution in [1.29, 1.82) is 0 Å². The third kappa shape index (κ3) is 2.45. The fourth-order valence-corrected chi connectivity index (χ4v) is 3.18. The Balaban J connectivity index is 1.73. The molecule has 1 saturated heterocycles. The quantitative estimate of drug-likeness (QED) is 0.763. The lowest BCUT2D eigenvalue weighted by molar-refractivity contribution is 0.0598. The number of H-pyrrole nitrogens is 1. The first-order chi connectivity index (χ1) is 11.7. The first-order valence-electron chi connectivity index (χ1n) is 7.89. The van der Waals surface area contributed by atoms with Gasteiger partial charge in [-0.05, 0) is 31.4 Å². The number of hydrogen-bond donors (Lipinski definition) is 1. The first-order valence-corrected chi connectivity index (χ1v) is 7.89. The fourth-order valence-electron chi connectivity index (χ4n) is 3.18. The Labute approximate surface area is 137 Å². The van der Waals surface area contributed by atoms with E-state index in [2.05, 4.69) is 20.2 Å². The smallest absolute Gasteiger partial charge is 0.274 e. The van der Waals surface area contributed by atoms with Crippen LogP contribution in [0.2, 0.25) is 0 Å². The Bertz CT molecular complexity index is 932. The molecular formula is C16H16N6O2. The van der Waals surface area contributed by atoms with Crippen molar-refractivity contribution in [3.63, 3.8) is 0 Å². The number of imidazole rings is 1. The van der Waals surface area contributed by atoms with E-state index in [0.29, 0.717) is 23.7 Å². The first kappa shape index (κ1) is 14.6. The number of carbonyl (C=O) groups excluding carboxylic acids is 1. The van der Waals surface area contributed by atoms with Gasteiger partial charge in [0.25, 0.3) is 11.5 Å². The van der Waals surface area contributed by atoms with Crippen molar-refractivity contribution in [1.82, 2.24) is 29.5 Å². The zero-order chi connectivity index (χ0) is 16.5. The number of amides is 1. The number of aromatic amines is 1. The number of nitrogens with zero attached hydrogens (tertiary/aromatic N) is 5. The third-order valence-corrected chi connectivity index (χ3v) is 4.33. The third-order valence-electron chi connectivity index (χ3n) is 4.33. The van der Waals surface area contributed by atoms with Crippen LogP contribution in [0.25, 0.3) is 5.78 Å². The van der Waals surface area contributed by atoms with Gasteiger partial charge in [-0.2, -0.15) is 5.10 Å². The van der Waals surface area contributed by atoms with Crippen molar-refractivity contribution < 1.29 is 4.79 Å². The average molecular weight is 324 g/mol. The highest BCUT2D eigenvalue weighted by atomic mass is 16.2. The van der Waals surface area contributed by atoms with E-state index in [1.807, 2.05) is 0 Å². The van der Waals surface area contributed by atoms with Gasteiger partial charge in [-0.15, -0.1) is 5.10 Å². The van der Waals surface area contributed by atoms with Gasteiger partial charge >= 0.3 is 0 Å². The molecule has 1 N–H and O–H groups in total. The SMILES string of the molecule is O=C(c1cccnn1)N1CCCC[C@@H]1c1cc(=O)n2ccnc2[nH]1. The number of carbonyl (C=O) groups is 1. The maximum absolute atomic E-state index is 12.8. The van der Waals surface area contributed by atoms with Gasteiger partial charge in [0.2, 0.25) is 5.78 Å². The number of piperidine rings is 1. The number of rotatable bonds is 2. The van der Waals surface area contributed by atoms with Crippen LogP contribution >= 0.6 is 0 Å². The summed E-state index contributed by atoms with van der Waals surface area (Å²) in [6.45, 7) is 0.627. The molecule has 0 unspecified atom stereocenters. The van der Waals surface area contributed by atoms with Gasteiger partial charge < -0.3 is 9.88 Å². The van der Waals surface area contributed by atoms with Gasteiger partial charge in [-0.3, -0.25) is 14.0 Å². The summed E-state index contributed by atoms with van der Waals surface area (Å²) in [7, 11) is 0. The highest BCUT2D eigenvalue weighted by molar-refractivity contribution is 5.92. The molecule has 4 rings (SSSR count). The molecule has 1 aliphatic rings. The van der Waals surface area contributed by atoms with Crippen LogP contribution in [0, 0.1) is 0 Å². The van der Waals surface area contributed by atoms with E-state index in [4.69, 9.17) is 0 Å². The molecule has 8 nitrogen and oxygen atoms in total. The molecule has 1 amide bonds. The summed E-state index contributed by atoms with van der Waals surface area (Å²) >= 11 is 0. The monoisotopic (exact) mass is 324 g/mol. The average Bonchev–Trinajstić information content (AvgIpc) is 3.11. The molecule has 8 heteroatoms. The van der Waals surface area contributed by atoms with Crippen LogP contribution in [0.15, 0.2) is 41.6 Å². The van der Waals surface area contributed by atoms with Gasteiger partial charge in [0, 0.05) is 36.9 Å². The van der Waals surface area contributed by atoms with E-state index in [1.54, 1.807) is 35.5 Å². The van der Waals surface area contributed by atoms with E-state index < -0.39 is 0 Å². The molecular weight excluding hydrogens is 308 g/mol. The van der Waals surface area contributed by atoms with Crippen molar-refractivity contribution in [3.8, 4) is 0 Å². The Morgan fingerprint density at radius 3 is 3.04 bits per heavy atom. The second-order valence-electron chi connectivity index (χ2n) is 5.80. The summed E-state index contributed by atoms with van der Waals surface area (Å²) in [4.78, 5) is 34.1. The van der Waals surface area contributed by atoms with Crippen LogP contribution in [0.4, 0.5) is 0 Å². The molecule has 0 saturated carbocycles. The zero-order valence-electron chi connectivity index (χ0n) is 12.9. The minimum Gasteiger partial charge on any atom is -0.329 e. The van der Waals surface area contributed by atoms with Gasteiger partial charge in [-0.1, -0.05) is 0 Å². The molecule has 0 bridgehead atoms. The summed E-state index contributed by atoms with van der Waals surface area (Å²) < 4.78 is 1.45. The van der Waals surface area contributed by atoms with Crippen molar-refractivity contribution in [2.24, 2.45) is 0 Å². The maximum atomic E-state index is 12.8. The van der Waals surface area contributed by atoms with E-state index in [9.17, 15) is 9.59 Å². The Kier molecular flexibility index (Phi) is 3.56. The molecule has 1 atom stereocenters. The predicted octanol–water partition coefficient (Wildman–Crippen LogP) is 1.18. The minimum absolute atomic E-state index is 0.159. The van der Waals surface area contributed by atoms with Gasteiger partial charge in [0.1, 0.15) is 0 Å². The van der Waals surface area contributed by atoms with E-state index in [-0.39, 0.29) is 17.5 Å². The van der Waals surface area contributed by atoms with E-state index >= 15 is 0 Å². The summed E-state index contributed by atoms with van der Waals surface area (Å²) in [5.74, 6) is 0.312. The highest BCUT2D eigenvalue weighted by Gasteiger charge is 2.30. The Morgan fingerprint density at radius 1 is 1.29 bits per heavy atom. The van der Waals surface area contributed by atoms with Crippen molar-refractivity contribution in [3.05, 3.63) is 58.5 Å². The van der Waals surface area contributed by atoms with Crippen LogP contribution in [-0.2, 0) is 0 Å². The lowest BCUT2D eigenvalue weighted by Gasteiger charge is -2.35. The second-order valence-corrected chi connectivity index (χ2v) is 5.80. The molecule has 0 spiro atoms. The second kappa shape index (κ2) is 5.88. The highest BCUT2D eigenvalue weighted by Crippen LogP contribution is 2.30. The van der Waals surface area contributed by atoms with Gasteiger partial charge in [-0.25, -0.2) is 4.98 Å². The Hall–Kier alpha value is -3.03. The van der Waals surface area contributed by atoms with Gasteiger partial charge in [0.05, 0.1) is 6.04 Å². The molecule has 24 heavy (non-hydrogen) atoms. The molecule has 1 aliphatic heterocycles. The van der Waals surface area contributed by atoms with Crippen molar-refractivity contribution >= 4 is 11.7 Å². The van der Waals surface area contributed by atoms with Crippen molar-refractivity contribution in [2.45, 2.75) is 25.3 Å². The summed E-state index contributed by atoms with van der Waals surface area (Å²) in [6, 6.07) is 4.70. The van der Waals surface area contributed by atoms with E-state index in [0.717, 1.165) is 19.3 Å². The van der Waals surface area contributed by atoms with Crippen LogP contribution in [0.1, 0.15) is 41.5 Å². The number of aromatic nitrogens is 5. The zero-order valence-corrected chi connectivity index (χ0v) is 12.9. The van der Waals surface area contributed by atoms with Crippen LogP contribution < -0.4 is 5.56 Å². The lowest BCUT2D eigenvalue weighted by Crippen LogP contribution is -2.39. The van der Waals surface area contributed by atoms with Gasteiger partial charge in [0.15, 0.2) is 5.69 Å². The molecule has 0 radical (unpaired) electrons. The standard InChI is InChI=1S/C16H16N6O2/c23-14-10-12(19-16-17-7-9-22(14)16)13-5-1-2-8-21(13)15(24)11-4-3-6-18-20-11/h3-4,6-7,9-10,13H,1-2,5,8H2,(H,17,19)/t13-/m1/s1. The molecule has 4 heterocycles. The summed E-state index contributed by atoms with van der Waals surface area (Å²) in [6.07, 6.45) is 7.43. The minimum atomic E-state index is -0.192. The number of fused-ring (bicyclic) bond motifs is 1. The van der Waals surface area contributed by atoms with Crippen molar-refractivity contribution in [2.75, 3.05) is 6.54 Å². The van der Waals surface area contributed by atoms with E-state index in [1.165, 1.54) is 10.6 Å². The number of hydrogen-bond acceptors (Lipinski definition) is 5. The normalized spacial score (nSPS) is 18.0. The fraction of sp³-hybridized carbons (Fsp3) is 0.312. The van der Waals surface area contributed by atoms with Crippen LogP contribution in [-0.4, -0.2) is 41.9 Å². The molecule has 3 aromatic heterocycles. The molecule has 122 valence electrons. The number of likely N-dealkylation sites (tertiary alicyclic amines) is 1. The summed E-state index contributed by atoms with van der Waals surface area (Å²) in [5, 5.41) is 7.69. The molecule has 0 aromatic carbocycles. The molecule has 1 fully saturated rings. The lowest BCUT2D eigenvalue weighted by atomic mass is 9.98. The van der Waals surface area contributed by atoms with Crippen LogP contribution in [0.3, 0.4) is 0 Å².